The van der Waals surface area contributed by atoms with Crippen molar-refractivity contribution in [2.45, 2.75) is 26.7 Å². The number of nitrogens with one attached hydrogen (secondary N) is 1. The zero-order chi connectivity index (χ0) is 14.3. The van der Waals surface area contributed by atoms with Crippen molar-refractivity contribution in [1.82, 2.24) is 0 Å². The molecule has 1 rings (SSSR count). The molecule has 0 saturated heterocycles. The van der Waals surface area contributed by atoms with Crippen LogP contribution in [-0.2, 0) is 4.79 Å². The zero-order valence-electron chi connectivity index (χ0n) is 11.6. The highest BCUT2D eigenvalue weighted by Crippen LogP contribution is 2.30. The highest BCUT2D eigenvalue weighted by atomic mass is 35.5. The Kier molecular flexibility index (Phi) is 7.10. The van der Waals surface area contributed by atoms with Gasteiger partial charge in [-0.2, -0.15) is 11.8 Å². The van der Waals surface area contributed by atoms with E-state index in [4.69, 9.17) is 16.3 Å². The van der Waals surface area contributed by atoms with Crippen LogP contribution in [0.2, 0.25) is 5.02 Å². The van der Waals surface area contributed by atoms with E-state index in [1.807, 2.05) is 13.0 Å². The lowest BCUT2D eigenvalue weighted by atomic mass is 10.2. The second-order valence-electron chi connectivity index (χ2n) is 4.26. The summed E-state index contributed by atoms with van der Waals surface area (Å²) in [6.45, 7) is 4.04. The number of benzene rings is 1. The number of anilines is 1. The fourth-order valence-electron chi connectivity index (χ4n) is 1.53. The Morgan fingerprint density at radius 2 is 2.21 bits per heavy atom. The summed E-state index contributed by atoms with van der Waals surface area (Å²) in [4.78, 5) is 11.8. The highest BCUT2D eigenvalue weighted by Gasteiger charge is 2.10. The van der Waals surface area contributed by atoms with Crippen LogP contribution in [0.5, 0.6) is 5.75 Å². The van der Waals surface area contributed by atoms with Gasteiger partial charge in [0.25, 0.3) is 0 Å². The molecule has 0 radical (unpaired) electrons. The summed E-state index contributed by atoms with van der Waals surface area (Å²) in [5.74, 6) is 2.05. The normalized spacial score (nSPS) is 10.3. The van der Waals surface area contributed by atoms with Gasteiger partial charge in [-0.25, -0.2) is 0 Å². The Bertz CT molecular complexity index is 438. The molecule has 5 heteroatoms. The first-order chi connectivity index (χ1) is 9.08. The predicted molar refractivity (Wildman–Crippen MR) is 83.6 cm³/mol. The summed E-state index contributed by atoms with van der Waals surface area (Å²) in [5, 5.41) is 3.49. The van der Waals surface area contributed by atoms with Gasteiger partial charge in [0, 0.05) is 11.1 Å². The molecule has 0 unspecified atom stereocenters. The SMILES string of the molecule is CCCCSCC(=O)Nc1cc(C)c(Cl)cc1OC. The number of methoxy groups -OCH3 is 1. The summed E-state index contributed by atoms with van der Waals surface area (Å²) in [7, 11) is 1.56. The summed E-state index contributed by atoms with van der Waals surface area (Å²) in [5.41, 5.74) is 1.59. The average molecular weight is 302 g/mol. The van der Waals surface area contributed by atoms with E-state index in [0.717, 1.165) is 24.2 Å². The molecule has 1 aromatic carbocycles. The van der Waals surface area contributed by atoms with Crippen LogP contribution in [0, 0.1) is 6.92 Å². The molecule has 1 amide bonds. The third kappa shape index (κ3) is 5.33. The number of carbonyl (C=O) groups excluding carboxylic acids is 1. The van der Waals surface area contributed by atoms with Gasteiger partial charge in [0.05, 0.1) is 18.6 Å². The molecular formula is C14H20ClNO2S. The van der Waals surface area contributed by atoms with Crippen molar-refractivity contribution >= 4 is 35.0 Å². The van der Waals surface area contributed by atoms with Crippen LogP contribution in [0.25, 0.3) is 0 Å². The van der Waals surface area contributed by atoms with Gasteiger partial charge in [0.2, 0.25) is 5.91 Å². The lowest BCUT2D eigenvalue weighted by molar-refractivity contribution is -0.113. The van der Waals surface area contributed by atoms with Crippen molar-refractivity contribution in [3.8, 4) is 5.75 Å². The number of amides is 1. The predicted octanol–water partition coefficient (Wildman–Crippen LogP) is 4.13. The van der Waals surface area contributed by atoms with Gasteiger partial charge in [-0.05, 0) is 30.7 Å². The molecule has 0 fully saturated rings. The molecule has 0 spiro atoms. The lowest BCUT2D eigenvalue weighted by Gasteiger charge is -2.12. The molecule has 1 N–H and O–H groups in total. The van der Waals surface area contributed by atoms with Gasteiger partial charge in [-0.1, -0.05) is 24.9 Å². The fraction of sp³-hybridized carbons (Fsp3) is 0.500. The molecule has 0 aromatic heterocycles. The third-order valence-corrected chi connectivity index (χ3v) is 4.08. The molecule has 0 aliphatic carbocycles. The summed E-state index contributed by atoms with van der Waals surface area (Å²) in [6.07, 6.45) is 2.29. The maximum atomic E-state index is 11.8. The first-order valence-corrected chi connectivity index (χ1v) is 7.83. The minimum atomic E-state index is -0.0128. The van der Waals surface area contributed by atoms with E-state index in [9.17, 15) is 4.79 Å². The van der Waals surface area contributed by atoms with E-state index in [2.05, 4.69) is 12.2 Å². The van der Waals surface area contributed by atoms with Crippen molar-refractivity contribution in [3.05, 3.63) is 22.7 Å². The highest BCUT2D eigenvalue weighted by molar-refractivity contribution is 7.99. The standard InChI is InChI=1S/C14H20ClNO2S/c1-4-5-6-19-9-14(17)16-12-7-10(2)11(15)8-13(12)18-3/h7-8H,4-6,9H2,1-3H3,(H,16,17). The van der Waals surface area contributed by atoms with Crippen LogP contribution in [0.15, 0.2) is 12.1 Å². The number of carbonyl (C=O) groups is 1. The largest absolute Gasteiger partial charge is 0.495 e. The van der Waals surface area contributed by atoms with Gasteiger partial charge in [0.1, 0.15) is 5.75 Å². The van der Waals surface area contributed by atoms with E-state index in [1.54, 1.807) is 24.9 Å². The smallest absolute Gasteiger partial charge is 0.234 e. The molecule has 0 bridgehead atoms. The van der Waals surface area contributed by atoms with E-state index >= 15 is 0 Å². The van der Waals surface area contributed by atoms with Crippen molar-refractivity contribution in [3.63, 3.8) is 0 Å². The number of hydrogen-bond acceptors (Lipinski definition) is 3. The molecule has 19 heavy (non-hydrogen) atoms. The lowest BCUT2D eigenvalue weighted by Crippen LogP contribution is -2.15. The number of rotatable bonds is 7. The van der Waals surface area contributed by atoms with E-state index in [1.165, 1.54) is 0 Å². The van der Waals surface area contributed by atoms with Gasteiger partial charge >= 0.3 is 0 Å². The minimum absolute atomic E-state index is 0.0128. The molecule has 1 aromatic rings. The number of unbranched alkanes of at least 4 members (excludes halogenated alkanes) is 1. The number of aryl methyl sites for hydroxylation is 1. The Morgan fingerprint density at radius 3 is 2.84 bits per heavy atom. The number of thioether (sulfide) groups is 1. The second-order valence-corrected chi connectivity index (χ2v) is 5.77. The summed E-state index contributed by atoms with van der Waals surface area (Å²) in [6, 6.07) is 3.55. The number of hydrogen-bond donors (Lipinski definition) is 1. The second kappa shape index (κ2) is 8.33. The minimum Gasteiger partial charge on any atom is -0.495 e. The van der Waals surface area contributed by atoms with E-state index in [-0.39, 0.29) is 5.91 Å². The van der Waals surface area contributed by atoms with Crippen LogP contribution < -0.4 is 10.1 Å². The van der Waals surface area contributed by atoms with Crippen molar-refractivity contribution < 1.29 is 9.53 Å². The molecule has 106 valence electrons. The molecule has 3 nitrogen and oxygen atoms in total. The monoisotopic (exact) mass is 301 g/mol. The van der Waals surface area contributed by atoms with Gasteiger partial charge in [-0.3, -0.25) is 4.79 Å². The quantitative estimate of drug-likeness (QED) is 0.770. The van der Waals surface area contributed by atoms with Gasteiger partial charge in [-0.15, -0.1) is 0 Å². The molecule has 0 atom stereocenters. The van der Waals surface area contributed by atoms with Gasteiger partial charge < -0.3 is 10.1 Å². The Morgan fingerprint density at radius 1 is 1.47 bits per heavy atom. The van der Waals surface area contributed by atoms with Gasteiger partial charge in [0.15, 0.2) is 0 Å². The maximum absolute atomic E-state index is 11.8. The summed E-state index contributed by atoms with van der Waals surface area (Å²) >= 11 is 7.67. The summed E-state index contributed by atoms with van der Waals surface area (Å²) < 4.78 is 5.22. The molecular weight excluding hydrogens is 282 g/mol. The third-order valence-electron chi connectivity index (χ3n) is 2.63. The Balaban J connectivity index is 2.60. The zero-order valence-corrected chi connectivity index (χ0v) is 13.2. The van der Waals surface area contributed by atoms with Crippen LogP contribution in [0.4, 0.5) is 5.69 Å². The molecule has 0 aliphatic rings. The Labute approximate surface area is 124 Å². The molecule has 0 saturated carbocycles. The number of halogens is 1. The van der Waals surface area contributed by atoms with Crippen LogP contribution >= 0.6 is 23.4 Å². The topological polar surface area (TPSA) is 38.3 Å². The van der Waals surface area contributed by atoms with Crippen molar-refractivity contribution in [2.24, 2.45) is 0 Å². The van der Waals surface area contributed by atoms with Crippen LogP contribution in [0.3, 0.4) is 0 Å². The number of ether oxygens (including phenoxy) is 1. The first kappa shape index (κ1) is 16.2. The average Bonchev–Trinajstić information content (AvgIpc) is 2.38. The van der Waals surface area contributed by atoms with E-state index < -0.39 is 0 Å². The molecule has 0 aliphatic heterocycles. The first-order valence-electron chi connectivity index (χ1n) is 6.30. The van der Waals surface area contributed by atoms with Crippen molar-refractivity contribution in [1.29, 1.82) is 0 Å². The fourth-order valence-corrected chi connectivity index (χ4v) is 2.58. The van der Waals surface area contributed by atoms with Crippen molar-refractivity contribution in [2.75, 3.05) is 23.9 Å². The molecule has 0 heterocycles. The van der Waals surface area contributed by atoms with Crippen LogP contribution in [-0.4, -0.2) is 24.5 Å². The van der Waals surface area contributed by atoms with E-state index in [0.29, 0.717) is 22.2 Å². The van der Waals surface area contributed by atoms with Crippen LogP contribution in [0.1, 0.15) is 25.3 Å². The Hall–Kier alpha value is -0.870. The maximum Gasteiger partial charge on any atom is 0.234 e.